The molecule has 0 N–H and O–H groups in total. The summed E-state index contributed by atoms with van der Waals surface area (Å²) < 4.78 is 27.7. The van der Waals surface area contributed by atoms with Gasteiger partial charge in [0.2, 0.25) is 10.0 Å². The van der Waals surface area contributed by atoms with Gasteiger partial charge in [-0.25, -0.2) is 13.4 Å². The van der Waals surface area contributed by atoms with Crippen LogP contribution >= 0.6 is 0 Å². The molecular weight excluding hydrogens is 432 g/mol. The standard InChI is InChI=1S/C26H32N4O2S/c1-20-7-6-8-23(17-20)30-16-15-28(19-21(30)2)26-12-9-22-18-24(10-11-25(22)27-26)33(31,32)29-13-4-3-5-14-29/h6-12,17-18,21H,3-5,13-16,19H2,1-2H3/t21-/m0/s1. The molecule has 1 atom stereocenters. The summed E-state index contributed by atoms with van der Waals surface area (Å²) in [5.41, 5.74) is 3.38. The predicted molar refractivity (Wildman–Crippen MR) is 135 cm³/mol. The molecule has 3 heterocycles. The van der Waals surface area contributed by atoms with Crippen LogP contribution in [0.5, 0.6) is 0 Å². The Morgan fingerprint density at radius 1 is 0.909 bits per heavy atom. The number of piperazine rings is 1. The zero-order valence-electron chi connectivity index (χ0n) is 19.4. The van der Waals surface area contributed by atoms with E-state index in [1.165, 1.54) is 11.3 Å². The van der Waals surface area contributed by atoms with Crippen molar-refractivity contribution < 1.29 is 8.42 Å². The number of benzene rings is 2. The van der Waals surface area contributed by atoms with Crippen LogP contribution in [0.1, 0.15) is 31.7 Å². The fourth-order valence-electron chi connectivity index (χ4n) is 5.04. The summed E-state index contributed by atoms with van der Waals surface area (Å²) in [6.45, 7) is 8.36. The van der Waals surface area contributed by atoms with Gasteiger partial charge in [-0.3, -0.25) is 0 Å². The van der Waals surface area contributed by atoms with Crippen molar-refractivity contribution in [1.82, 2.24) is 9.29 Å². The first-order valence-electron chi connectivity index (χ1n) is 11.9. The van der Waals surface area contributed by atoms with E-state index in [0.29, 0.717) is 24.0 Å². The van der Waals surface area contributed by atoms with Crippen LogP contribution in [0.2, 0.25) is 0 Å². The largest absolute Gasteiger partial charge is 0.365 e. The minimum atomic E-state index is -3.44. The topological polar surface area (TPSA) is 56.8 Å². The summed E-state index contributed by atoms with van der Waals surface area (Å²) >= 11 is 0. The highest BCUT2D eigenvalue weighted by atomic mass is 32.2. The Morgan fingerprint density at radius 3 is 2.48 bits per heavy atom. The van der Waals surface area contributed by atoms with E-state index in [2.05, 4.69) is 47.9 Å². The van der Waals surface area contributed by atoms with E-state index in [1.807, 2.05) is 18.2 Å². The van der Waals surface area contributed by atoms with Crippen molar-refractivity contribution in [2.24, 2.45) is 0 Å². The Balaban J connectivity index is 1.34. The SMILES string of the molecule is Cc1cccc(N2CCN(c3ccc4cc(S(=O)(=O)N5CCCCC5)ccc4n3)C[C@@H]2C)c1. The number of fused-ring (bicyclic) bond motifs is 1. The van der Waals surface area contributed by atoms with Gasteiger partial charge in [0.05, 0.1) is 10.4 Å². The predicted octanol–water partition coefficient (Wildman–Crippen LogP) is 4.43. The number of nitrogens with zero attached hydrogens (tertiary/aromatic N) is 4. The van der Waals surface area contributed by atoms with Gasteiger partial charge in [0.25, 0.3) is 0 Å². The fraction of sp³-hybridized carbons (Fsp3) is 0.423. The molecule has 0 radical (unpaired) electrons. The first-order chi connectivity index (χ1) is 15.9. The van der Waals surface area contributed by atoms with Gasteiger partial charge in [0.1, 0.15) is 5.82 Å². The summed E-state index contributed by atoms with van der Waals surface area (Å²) in [4.78, 5) is 10.0. The number of anilines is 2. The average molecular weight is 465 g/mol. The first-order valence-corrected chi connectivity index (χ1v) is 13.3. The monoisotopic (exact) mass is 464 g/mol. The molecule has 2 aliphatic rings. The molecule has 0 bridgehead atoms. The molecule has 0 unspecified atom stereocenters. The number of pyridine rings is 1. The first kappa shape index (κ1) is 22.2. The number of hydrogen-bond acceptors (Lipinski definition) is 5. The van der Waals surface area contributed by atoms with Crippen LogP contribution in [0.15, 0.2) is 59.5 Å². The lowest BCUT2D eigenvalue weighted by molar-refractivity contribution is 0.346. The summed E-state index contributed by atoms with van der Waals surface area (Å²) in [6, 6.07) is 18.4. The van der Waals surface area contributed by atoms with Crippen molar-refractivity contribution >= 4 is 32.4 Å². The highest BCUT2D eigenvalue weighted by Crippen LogP contribution is 2.27. The summed E-state index contributed by atoms with van der Waals surface area (Å²) in [5.74, 6) is 0.949. The van der Waals surface area contributed by atoms with E-state index in [9.17, 15) is 8.42 Å². The maximum absolute atomic E-state index is 13.0. The average Bonchev–Trinajstić information content (AvgIpc) is 2.84. The Bertz CT molecular complexity index is 1250. The smallest absolute Gasteiger partial charge is 0.243 e. The van der Waals surface area contributed by atoms with Gasteiger partial charge in [-0.2, -0.15) is 4.31 Å². The zero-order chi connectivity index (χ0) is 23.0. The number of hydrogen-bond donors (Lipinski definition) is 0. The van der Waals surface area contributed by atoms with Crippen LogP contribution in [0, 0.1) is 6.92 Å². The Labute approximate surface area is 196 Å². The maximum Gasteiger partial charge on any atom is 0.243 e. The van der Waals surface area contributed by atoms with Gasteiger partial charge in [0.15, 0.2) is 0 Å². The third-order valence-electron chi connectivity index (χ3n) is 6.88. The zero-order valence-corrected chi connectivity index (χ0v) is 20.3. The third kappa shape index (κ3) is 4.44. The van der Waals surface area contributed by atoms with Gasteiger partial charge in [-0.15, -0.1) is 0 Å². The molecule has 2 aromatic carbocycles. The molecule has 2 aliphatic heterocycles. The molecule has 5 rings (SSSR count). The number of aryl methyl sites for hydroxylation is 1. The van der Waals surface area contributed by atoms with Crippen molar-refractivity contribution in [2.75, 3.05) is 42.5 Å². The van der Waals surface area contributed by atoms with Crippen molar-refractivity contribution in [3.63, 3.8) is 0 Å². The van der Waals surface area contributed by atoms with E-state index in [4.69, 9.17) is 4.98 Å². The second kappa shape index (κ2) is 8.95. The normalized spacial score (nSPS) is 20.4. The lowest BCUT2D eigenvalue weighted by Gasteiger charge is -2.42. The Morgan fingerprint density at radius 2 is 1.73 bits per heavy atom. The highest BCUT2D eigenvalue weighted by Gasteiger charge is 2.27. The molecule has 0 spiro atoms. The maximum atomic E-state index is 13.0. The molecule has 7 heteroatoms. The van der Waals surface area contributed by atoms with Crippen LogP contribution in [-0.4, -0.2) is 56.5 Å². The Kier molecular flexibility index (Phi) is 6.01. The molecule has 33 heavy (non-hydrogen) atoms. The van der Waals surface area contributed by atoms with E-state index < -0.39 is 10.0 Å². The minimum absolute atomic E-state index is 0.367. The molecule has 3 aromatic rings. The number of piperidine rings is 1. The van der Waals surface area contributed by atoms with Crippen molar-refractivity contribution in [2.45, 2.75) is 44.0 Å². The molecule has 0 saturated carbocycles. The Hall–Kier alpha value is -2.64. The molecule has 2 fully saturated rings. The van der Waals surface area contributed by atoms with Crippen molar-refractivity contribution in [3.8, 4) is 0 Å². The fourth-order valence-corrected chi connectivity index (χ4v) is 6.59. The van der Waals surface area contributed by atoms with E-state index in [1.54, 1.807) is 16.4 Å². The van der Waals surface area contributed by atoms with Crippen molar-refractivity contribution in [3.05, 3.63) is 60.2 Å². The second-order valence-electron chi connectivity index (χ2n) is 9.32. The number of aromatic nitrogens is 1. The lowest BCUT2D eigenvalue weighted by atomic mass is 10.1. The molecule has 0 aliphatic carbocycles. The van der Waals surface area contributed by atoms with Crippen LogP contribution < -0.4 is 9.80 Å². The van der Waals surface area contributed by atoms with E-state index in [0.717, 1.165) is 55.6 Å². The van der Waals surface area contributed by atoms with Gasteiger partial charge in [-0.05, 0) is 74.7 Å². The van der Waals surface area contributed by atoms with Gasteiger partial charge < -0.3 is 9.80 Å². The van der Waals surface area contributed by atoms with Crippen LogP contribution in [0.25, 0.3) is 10.9 Å². The summed E-state index contributed by atoms with van der Waals surface area (Å²) in [6.07, 6.45) is 2.98. The molecule has 1 aromatic heterocycles. The van der Waals surface area contributed by atoms with Crippen LogP contribution in [0.3, 0.4) is 0 Å². The number of sulfonamides is 1. The summed E-state index contributed by atoms with van der Waals surface area (Å²) in [7, 11) is -3.44. The highest BCUT2D eigenvalue weighted by molar-refractivity contribution is 7.89. The molecule has 6 nitrogen and oxygen atoms in total. The molecule has 174 valence electrons. The minimum Gasteiger partial charge on any atom is -0.365 e. The summed E-state index contributed by atoms with van der Waals surface area (Å²) in [5, 5.41) is 0.864. The van der Waals surface area contributed by atoms with Gasteiger partial charge in [-0.1, -0.05) is 18.6 Å². The molecule has 2 saturated heterocycles. The van der Waals surface area contributed by atoms with Crippen LogP contribution in [0.4, 0.5) is 11.5 Å². The lowest BCUT2D eigenvalue weighted by Crippen LogP contribution is -2.52. The van der Waals surface area contributed by atoms with E-state index in [-0.39, 0.29) is 0 Å². The second-order valence-corrected chi connectivity index (χ2v) is 11.3. The van der Waals surface area contributed by atoms with E-state index >= 15 is 0 Å². The van der Waals surface area contributed by atoms with Gasteiger partial charge in [0, 0.05) is 49.8 Å². The number of rotatable bonds is 4. The molecule has 0 amide bonds. The third-order valence-corrected chi connectivity index (χ3v) is 8.78. The van der Waals surface area contributed by atoms with Gasteiger partial charge >= 0.3 is 0 Å². The quantitative estimate of drug-likeness (QED) is 0.572. The van der Waals surface area contributed by atoms with Crippen molar-refractivity contribution in [1.29, 1.82) is 0 Å². The molecular formula is C26H32N4O2S. The van der Waals surface area contributed by atoms with Crippen LogP contribution in [-0.2, 0) is 10.0 Å².